The fourth-order valence-corrected chi connectivity index (χ4v) is 2.80. The van der Waals surface area contributed by atoms with Crippen molar-refractivity contribution in [2.75, 3.05) is 26.2 Å². The van der Waals surface area contributed by atoms with E-state index in [2.05, 4.69) is 16.8 Å². The van der Waals surface area contributed by atoms with Crippen LogP contribution >= 0.6 is 11.6 Å². The van der Waals surface area contributed by atoms with E-state index in [1.165, 1.54) is 12.1 Å². The van der Waals surface area contributed by atoms with Crippen LogP contribution in [0, 0.1) is 11.6 Å². The quantitative estimate of drug-likeness (QED) is 0.856. The summed E-state index contributed by atoms with van der Waals surface area (Å²) in [6.45, 7) is 8.93. The lowest BCUT2D eigenvalue weighted by atomic mass is 9.97. The third-order valence-electron chi connectivity index (χ3n) is 3.51. The third-order valence-corrected chi connectivity index (χ3v) is 3.73. The van der Waals surface area contributed by atoms with Gasteiger partial charge in [-0.15, -0.1) is 6.58 Å². The molecule has 0 aromatic heterocycles. The number of rotatable bonds is 4. The van der Waals surface area contributed by atoms with Gasteiger partial charge in [-0.1, -0.05) is 17.2 Å². The van der Waals surface area contributed by atoms with Crippen molar-refractivity contribution in [1.29, 1.82) is 0 Å². The largest absolute Gasteiger partial charge is 0.314 e. The van der Waals surface area contributed by atoms with Crippen molar-refractivity contribution in [2.24, 2.45) is 0 Å². The van der Waals surface area contributed by atoms with Gasteiger partial charge >= 0.3 is 0 Å². The highest BCUT2D eigenvalue weighted by atomic mass is 35.5. The van der Waals surface area contributed by atoms with Crippen molar-refractivity contribution >= 4 is 11.6 Å². The minimum absolute atomic E-state index is 0.0816. The van der Waals surface area contributed by atoms with Gasteiger partial charge in [-0.05, 0) is 25.5 Å². The van der Waals surface area contributed by atoms with Gasteiger partial charge in [-0.3, -0.25) is 4.90 Å². The molecule has 110 valence electrons. The maximum atomic E-state index is 14.2. The van der Waals surface area contributed by atoms with Gasteiger partial charge in [0.2, 0.25) is 0 Å². The SMILES string of the molecule is C=C(C)C[C@H](c1c(F)cc(Cl)cc1F)N1CCNCC1. The van der Waals surface area contributed by atoms with E-state index in [1.807, 2.05) is 6.92 Å². The first kappa shape index (κ1) is 15.4. The van der Waals surface area contributed by atoms with Gasteiger partial charge in [0, 0.05) is 42.8 Å². The summed E-state index contributed by atoms with van der Waals surface area (Å²) in [6.07, 6.45) is 0.537. The van der Waals surface area contributed by atoms with Gasteiger partial charge < -0.3 is 5.32 Å². The van der Waals surface area contributed by atoms with Crippen LogP contribution in [0.15, 0.2) is 24.3 Å². The van der Waals surface area contributed by atoms with Crippen LogP contribution in [0.4, 0.5) is 8.78 Å². The van der Waals surface area contributed by atoms with Crippen molar-refractivity contribution in [3.05, 3.63) is 46.5 Å². The van der Waals surface area contributed by atoms with Crippen LogP contribution < -0.4 is 5.32 Å². The Bertz CT molecular complexity index is 476. The first-order valence-electron chi connectivity index (χ1n) is 6.72. The standard InChI is InChI=1S/C15H19ClF2N2/c1-10(2)7-14(20-5-3-19-4-6-20)15-12(17)8-11(16)9-13(15)18/h8-9,14,19H,1,3-7H2,2H3/t14-/m1/s1. The van der Waals surface area contributed by atoms with E-state index < -0.39 is 11.6 Å². The number of hydrogen-bond donors (Lipinski definition) is 1. The Morgan fingerprint density at radius 2 is 1.90 bits per heavy atom. The van der Waals surface area contributed by atoms with E-state index in [0.29, 0.717) is 6.42 Å². The number of hydrogen-bond acceptors (Lipinski definition) is 2. The first-order valence-corrected chi connectivity index (χ1v) is 7.10. The molecule has 1 aromatic rings. The predicted octanol–water partition coefficient (Wildman–Crippen LogP) is 3.53. The Morgan fingerprint density at radius 1 is 1.35 bits per heavy atom. The van der Waals surface area contributed by atoms with E-state index in [0.717, 1.165) is 31.8 Å². The lowest BCUT2D eigenvalue weighted by Gasteiger charge is -2.35. The molecule has 0 spiro atoms. The smallest absolute Gasteiger partial charge is 0.132 e. The van der Waals surface area contributed by atoms with Gasteiger partial charge in [-0.2, -0.15) is 0 Å². The van der Waals surface area contributed by atoms with Crippen LogP contribution in [0.5, 0.6) is 0 Å². The first-order chi connectivity index (χ1) is 9.49. The van der Waals surface area contributed by atoms with Gasteiger partial charge in [0.1, 0.15) is 11.6 Å². The van der Waals surface area contributed by atoms with Gasteiger partial charge in [0.05, 0.1) is 0 Å². The summed E-state index contributed by atoms with van der Waals surface area (Å²) in [5.41, 5.74) is 1.00. The Kier molecular flexibility index (Phi) is 5.13. The molecule has 0 aliphatic carbocycles. The average Bonchev–Trinajstić information content (AvgIpc) is 2.37. The fourth-order valence-electron chi connectivity index (χ4n) is 2.61. The maximum absolute atomic E-state index is 14.2. The molecule has 1 aromatic carbocycles. The number of benzene rings is 1. The molecule has 0 bridgehead atoms. The van der Waals surface area contributed by atoms with Crippen LogP contribution in [-0.4, -0.2) is 31.1 Å². The van der Waals surface area contributed by atoms with E-state index in [4.69, 9.17) is 11.6 Å². The summed E-state index contributed by atoms with van der Waals surface area (Å²) in [5.74, 6) is -1.17. The maximum Gasteiger partial charge on any atom is 0.132 e. The minimum atomic E-state index is -0.584. The van der Waals surface area contributed by atoms with Crippen LogP contribution in [0.1, 0.15) is 24.9 Å². The molecule has 1 aliphatic heterocycles. The van der Waals surface area contributed by atoms with Crippen molar-refractivity contribution < 1.29 is 8.78 Å². The zero-order valence-corrected chi connectivity index (χ0v) is 12.3. The van der Waals surface area contributed by atoms with Crippen molar-refractivity contribution in [2.45, 2.75) is 19.4 Å². The molecule has 1 N–H and O–H groups in total. The molecular formula is C15H19ClF2N2. The molecule has 2 rings (SSSR count). The van der Waals surface area contributed by atoms with Crippen molar-refractivity contribution in [3.63, 3.8) is 0 Å². The second-order valence-electron chi connectivity index (χ2n) is 5.25. The molecular weight excluding hydrogens is 282 g/mol. The molecule has 2 nitrogen and oxygen atoms in total. The highest BCUT2D eigenvalue weighted by Gasteiger charge is 2.27. The molecule has 20 heavy (non-hydrogen) atoms. The third kappa shape index (κ3) is 3.57. The summed E-state index contributed by atoms with van der Waals surface area (Å²) in [5, 5.41) is 3.32. The second kappa shape index (κ2) is 6.66. The zero-order valence-electron chi connectivity index (χ0n) is 11.6. The second-order valence-corrected chi connectivity index (χ2v) is 5.68. The molecule has 1 heterocycles. The fraction of sp³-hybridized carbons (Fsp3) is 0.467. The van der Waals surface area contributed by atoms with E-state index >= 15 is 0 Å². The van der Waals surface area contributed by atoms with Crippen molar-refractivity contribution in [3.8, 4) is 0 Å². The summed E-state index contributed by atoms with van der Waals surface area (Å²) in [6, 6.07) is 2.02. The molecule has 5 heteroatoms. The van der Waals surface area contributed by atoms with Crippen molar-refractivity contribution in [1.82, 2.24) is 10.2 Å². The van der Waals surface area contributed by atoms with Crippen LogP contribution in [0.2, 0.25) is 5.02 Å². The minimum Gasteiger partial charge on any atom is -0.314 e. The highest BCUT2D eigenvalue weighted by Crippen LogP contribution is 2.32. The molecule has 0 radical (unpaired) electrons. The molecule has 1 aliphatic rings. The summed E-state index contributed by atoms with van der Waals surface area (Å²) < 4.78 is 28.3. The highest BCUT2D eigenvalue weighted by molar-refractivity contribution is 6.30. The molecule has 0 unspecified atom stereocenters. The van der Waals surface area contributed by atoms with Crippen LogP contribution in [-0.2, 0) is 0 Å². The lowest BCUT2D eigenvalue weighted by molar-refractivity contribution is 0.166. The predicted molar refractivity (Wildman–Crippen MR) is 78.0 cm³/mol. The zero-order chi connectivity index (χ0) is 14.7. The normalized spacial score (nSPS) is 18.0. The van der Waals surface area contributed by atoms with Crippen LogP contribution in [0.3, 0.4) is 0 Å². The van der Waals surface area contributed by atoms with E-state index in [9.17, 15) is 8.78 Å². The molecule has 1 fully saturated rings. The van der Waals surface area contributed by atoms with Crippen LogP contribution in [0.25, 0.3) is 0 Å². The number of nitrogens with zero attached hydrogens (tertiary/aromatic N) is 1. The van der Waals surface area contributed by atoms with Gasteiger partial charge in [0.25, 0.3) is 0 Å². The average molecular weight is 301 g/mol. The van der Waals surface area contributed by atoms with Gasteiger partial charge in [-0.25, -0.2) is 8.78 Å². The van der Waals surface area contributed by atoms with Gasteiger partial charge in [0.15, 0.2) is 0 Å². The molecule has 0 saturated carbocycles. The molecule has 1 saturated heterocycles. The topological polar surface area (TPSA) is 15.3 Å². The number of nitrogens with one attached hydrogen (secondary N) is 1. The molecule has 0 amide bonds. The Balaban J connectivity index is 2.37. The number of piperazine rings is 1. The Morgan fingerprint density at radius 3 is 2.40 bits per heavy atom. The Labute approximate surface area is 123 Å². The summed E-state index contributed by atoms with van der Waals surface area (Å²) in [4.78, 5) is 2.10. The van der Waals surface area contributed by atoms with E-state index in [1.54, 1.807) is 0 Å². The summed E-state index contributed by atoms with van der Waals surface area (Å²) in [7, 11) is 0. The lowest BCUT2D eigenvalue weighted by Crippen LogP contribution is -2.45. The van der Waals surface area contributed by atoms with E-state index in [-0.39, 0.29) is 16.6 Å². The summed E-state index contributed by atoms with van der Waals surface area (Å²) >= 11 is 5.70. The Hall–Kier alpha value is -0.970. The number of halogens is 3. The molecule has 1 atom stereocenters. The monoisotopic (exact) mass is 300 g/mol.